The summed E-state index contributed by atoms with van der Waals surface area (Å²) in [5.74, 6) is 0.108. The van der Waals surface area contributed by atoms with Gasteiger partial charge in [0.2, 0.25) is 0 Å². The van der Waals surface area contributed by atoms with E-state index < -0.39 is 0 Å². The molecule has 0 aliphatic heterocycles. The molecule has 2 rings (SSSR count). The van der Waals surface area contributed by atoms with Gasteiger partial charge in [0.05, 0.1) is 6.61 Å². The first-order valence-electron chi connectivity index (χ1n) is 4.43. The van der Waals surface area contributed by atoms with Crippen LogP contribution in [0.1, 0.15) is 34.5 Å². The minimum absolute atomic E-state index is 0.00185. The highest BCUT2D eigenvalue weighted by Gasteiger charge is 2.20. The lowest BCUT2D eigenvalue weighted by atomic mass is 9.92. The van der Waals surface area contributed by atoms with Crippen molar-refractivity contribution in [3.05, 3.63) is 29.1 Å². The standard InChI is InChI=1S/C10H11NO2/c12-6-7-4-5-11-10-8(7)2-1-3-9(10)13/h4-5,12H,1-3,6H2. The van der Waals surface area contributed by atoms with Crippen LogP contribution >= 0.6 is 0 Å². The van der Waals surface area contributed by atoms with Crippen molar-refractivity contribution in [2.45, 2.75) is 25.9 Å². The van der Waals surface area contributed by atoms with Crippen LogP contribution in [0.4, 0.5) is 0 Å². The molecule has 3 heteroatoms. The van der Waals surface area contributed by atoms with Gasteiger partial charge in [-0.3, -0.25) is 9.78 Å². The Labute approximate surface area is 76.4 Å². The van der Waals surface area contributed by atoms with Crippen LogP contribution in [-0.2, 0) is 13.0 Å². The highest BCUT2D eigenvalue weighted by Crippen LogP contribution is 2.22. The summed E-state index contributed by atoms with van der Waals surface area (Å²) in [5, 5.41) is 9.04. The average molecular weight is 177 g/mol. The summed E-state index contributed by atoms with van der Waals surface area (Å²) < 4.78 is 0. The molecule has 0 atom stereocenters. The number of fused-ring (bicyclic) bond motifs is 1. The number of ketones is 1. The normalized spacial score (nSPS) is 15.6. The van der Waals surface area contributed by atoms with Gasteiger partial charge in [-0.25, -0.2) is 0 Å². The lowest BCUT2D eigenvalue weighted by molar-refractivity contribution is 0.0966. The zero-order chi connectivity index (χ0) is 9.26. The van der Waals surface area contributed by atoms with Gasteiger partial charge < -0.3 is 5.11 Å². The second-order valence-corrected chi connectivity index (χ2v) is 3.23. The Morgan fingerprint density at radius 3 is 3.08 bits per heavy atom. The number of aromatic nitrogens is 1. The zero-order valence-corrected chi connectivity index (χ0v) is 7.29. The summed E-state index contributed by atoms with van der Waals surface area (Å²) in [7, 11) is 0. The smallest absolute Gasteiger partial charge is 0.181 e. The van der Waals surface area contributed by atoms with Crippen molar-refractivity contribution < 1.29 is 9.90 Å². The van der Waals surface area contributed by atoms with Crippen LogP contribution in [0, 0.1) is 0 Å². The van der Waals surface area contributed by atoms with Crippen LogP contribution in [0.25, 0.3) is 0 Å². The molecule has 1 N–H and O–H groups in total. The van der Waals surface area contributed by atoms with Crippen LogP contribution < -0.4 is 0 Å². The fraction of sp³-hybridized carbons (Fsp3) is 0.400. The Hall–Kier alpha value is -1.22. The van der Waals surface area contributed by atoms with Crippen LogP contribution in [0.2, 0.25) is 0 Å². The van der Waals surface area contributed by atoms with E-state index in [9.17, 15) is 4.79 Å². The van der Waals surface area contributed by atoms with Gasteiger partial charge in [0, 0.05) is 12.6 Å². The van der Waals surface area contributed by atoms with Gasteiger partial charge in [-0.1, -0.05) is 0 Å². The Morgan fingerprint density at radius 2 is 2.31 bits per heavy atom. The van der Waals surface area contributed by atoms with Crippen molar-refractivity contribution in [1.29, 1.82) is 0 Å². The summed E-state index contributed by atoms with van der Waals surface area (Å²) in [4.78, 5) is 15.5. The van der Waals surface area contributed by atoms with E-state index in [0.29, 0.717) is 12.1 Å². The van der Waals surface area contributed by atoms with E-state index in [0.717, 1.165) is 24.0 Å². The maximum absolute atomic E-state index is 11.4. The van der Waals surface area contributed by atoms with Crippen molar-refractivity contribution in [3.63, 3.8) is 0 Å². The second-order valence-electron chi connectivity index (χ2n) is 3.23. The monoisotopic (exact) mass is 177 g/mol. The van der Waals surface area contributed by atoms with Gasteiger partial charge in [0.25, 0.3) is 0 Å². The van der Waals surface area contributed by atoms with Gasteiger partial charge in [-0.2, -0.15) is 0 Å². The first kappa shape index (κ1) is 8.38. The SMILES string of the molecule is O=C1CCCc2c(CO)ccnc21. The third kappa shape index (κ3) is 1.35. The molecule has 0 saturated carbocycles. The predicted octanol–water partition coefficient (Wildman–Crippen LogP) is 1.09. The molecule has 0 unspecified atom stereocenters. The maximum Gasteiger partial charge on any atom is 0.181 e. The molecular formula is C10H11NO2. The number of carbonyl (C=O) groups excluding carboxylic acids is 1. The first-order valence-corrected chi connectivity index (χ1v) is 4.43. The molecule has 0 amide bonds. The molecule has 0 fully saturated rings. The summed E-state index contributed by atoms with van der Waals surface area (Å²) >= 11 is 0. The minimum atomic E-state index is -0.00185. The molecule has 1 heterocycles. The number of hydrogen-bond donors (Lipinski definition) is 1. The van der Waals surface area contributed by atoms with Crippen molar-refractivity contribution in [2.75, 3.05) is 0 Å². The van der Waals surface area contributed by atoms with E-state index in [-0.39, 0.29) is 12.4 Å². The number of Topliss-reactive ketones (excluding diaryl/α,β-unsaturated/α-hetero) is 1. The minimum Gasteiger partial charge on any atom is -0.392 e. The van der Waals surface area contributed by atoms with Gasteiger partial charge in [0.15, 0.2) is 5.78 Å². The largest absolute Gasteiger partial charge is 0.392 e. The number of hydrogen-bond acceptors (Lipinski definition) is 3. The van der Waals surface area contributed by atoms with Crippen molar-refractivity contribution in [2.24, 2.45) is 0 Å². The van der Waals surface area contributed by atoms with Gasteiger partial charge in [-0.15, -0.1) is 0 Å². The quantitative estimate of drug-likeness (QED) is 0.698. The molecule has 0 saturated heterocycles. The molecule has 13 heavy (non-hydrogen) atoms. The fourth-order valence-electron chi connectivity index (χ4n) is 1.74. The predicted molar refractivity (Wildman–Crippen MR) is 47.4 cm³/mol. The first-order chi connectivity index (χ1) is 6.33. The lowest BCUT2D eigenvalue weighted by Gasteiger charge is -2.15. The number of pyridine rings is 1. The van der Waals surface area contributed by atoms with E-state index >= 15 is 0 Å². The number of aliphatic hydroxyl groups is 1. The summed E-state index contributed by atoms with van der Waals surface area (Å²) in [5.41, 5.74) is 2.36. The van der Waals surface area contributed by atoms with Gasteiger partial charge in [-0.05, 0) is 30.0 Å². The van der Waals surface area contributed by atoms with E-state index in [4.69, 9.17) is 5.11 Å². The highest BCUT2D eigenvalue weighted by atomic mass is 16.3. The molecule has 1 aliphatic carbocycles. The molecule has 0 radical (unpaired) electrons. The van der Waals surface area contributed by atoms with Crippen LogP contribution in [-0.4, -0.2) is 15.9 Å². The van der Waals surface area contributed by atoms with E-state index in [1.807, 2.05) is 0 Å². The topological polar surface area (TPSA) is 50.2 Å². The molecule has 1 aromatic rings. The number of nitrogens with zero attached hydrogens (tertiary/aromatic N) is 1. The molecule has 0 spiro atoms. The number of rotatable bonds is 1. The van der Waals surface area contributed by atoms with Crippen molar-refractivity contribution in [3.8, 4) is 0 Å². The van der Waals surface area contributed by atoms with Crippen LogP contribution in [0.3, 0.4) is 0 Å². The molecule has 1 aliphatic rings. The Morgan fingerprint density at radius 1 is 1.46 bits per heavy atom. The van der Waals surface area contributed by atoms with Crippen molar-refractivity contribution >= 4 is 5.78 Å². The Balaban J connectivity index is 2.54. The zero-order valence-electron chi connectivity index (χ0n) is 7.29. The molecular weight excluding hydrogens is 166 g/mol. The van der Waals surface area contributed by atoms with Gasteiger partial charge >= 0.3 is 0 Å². The molecule has 0 bridgehead atoms. The second kappa shape index (κ2) is 3.26. The molecule has 68 valence electrons. The fourth-order valence-corrected chi connectivity index (χ4v) is 1.74. The van der Waals surface area contributed by atoms with E-state index in [1.54, 1.807) is 12.3 Å². The summed E-state index contributed by atoms with van der Waals surface area (Å²) in [6.45, 7) is -0.00185. The third-order valence-electron chi connectivity index (χ3n) is 2.42. The highest BCUT2D eigenvalue weighted by molar-refractivity contribution is 5.96. The summed E-state index contributed by atoms with van der Waals surface area (Å²) in [6, 6.07) is 1.78. The van der Waals surface area contributed by atoms with E-state index in [2.05, 4.69) is 4.98 Å². The van der Waals surface area contributed by atoms with Crippen LogP contribution in [0.15, 0.2) is 12.3 Å². The molecule has 3 nitrogen and oxygen atoms in total. The van der Waals surface area contributed by atoms with Crippen LogP contribution in [0.5, 0.6) is 0 Å². The maximum atomic E-state index is 11.4. The van der Waals surface area contributed by atoms with Gasteiger partial charge in [0.1, 0.15) is 5.69 Å². The van der Waals surface area contributed by atoms with E-state index in [1.165, 1.54) is 0 Å². The number of aliphatic hydroxyl groups excluding tert-OH is 1. The third-order valence-corrected chi connectivity index (χ3v) is 2.42. The molecule has 0 aromatic carbocycles. The Bertz CT molecular complexity index is 347. The summed E-state index contributed by atoms with van der Waals surface area (Å²) in [6.07, 6.45) is 3.93. The lowest BCUT2D eigenvalue weighted by Crippen LogP contribution is -2.15. The van der Waals surface area contributed by atoms with Crippen molar-refractivity contribution in [1.82, 2.24) is 4.98 Å². The number of carbonyl (C=O) groups is 1. The Kier molecular flexibility index (Phi) is 2.10. The molecule has 1 aromatic heterocycles. The average Bonchev–Trinajstić information content (AvgIpc) is 2.18.